The summed E-state index contributed by atoms with van der Waals surface area (Å²) < 4.78 is 37.7. The number of hydrogen-bond donors (Lipinski definition) is 3. The lowest BCUT2D eigenvalue weighted by atomic mass is 10.00. The number of alkyl halides is 3. The molecule has 1 unspecified atom stereocenters. The largest absolute Gasteiger partial charge is 0.433 e. The summed E-state index contributed by atoms with van der Waals surface area (Å²) in [6, 6.07) is 2.42. The van der Waals surface area contributed by atoms with Gasteiger partial charge in [-0.1, -0.05) is 0 Å². The summed E-state index contributed by atoms with van der Waals surface area (Å²) in [4.78, 5) is 7.40. The van der Waals surface area contributed by atoms with Crippen LogP contribution in [0.4, 0.5) is 18.9 Å². The number of hydrogen-bond acceptors (Lipinski definition) is 6. The van der Waals surface area contributed by atoms with E-state index in [4.69, 9.17) is 0 Å². The van der Waals surface area contributed by atoms with Gasteiger partial charge in [-0.05, 0) is 24.5 Å². The van der Waals surface area contributed by atoms with Crippen LogP contribution in [0.25, 0.3) is 0 Å². The van der Waals surface area contributed by atoms with Crippen LogP contribution in [0.5, 0.6) is 0 Å². The predicted molar refractivity (Wildman–Crippen MR) is 84.0 cm³/mol. The van der Waals surface area contributed by atoms with Gasteiger partial charge < -0.3 is 20.2 Å². The molecule has 9 heteroatoms. The molecule has 0 bridgehead atoms. The molecule has 140 valence electrons. The van der Waals surface area contributed by atoms with Gasteiger partial charge >= 0.3 is 6.18 Å². The Bertz CT molecular complexity index is 572. The van der Waals surface area contributed by atoms with Crippen LogP contribution >= 0.6 is 0 Å². The lowest BCUT2D eigenvalue weighted by Gasteiger charge is -2.38. The van der Waals surface area contributed by atoms with Gasteiger partial charge in [0.1, 0.15) is 11.8 Å². The number of aromatic nitrogens is 1. The molecule has 2 aliphatic rings. The van der Waals surface area contributed by atoms with E-state index in [-0.39, 0.29) is 5.92 Å². The maximum absolute atomic E-state index is 12.6. The van der Waals surface area contributed by atoms with Crippen LogP contribution in [0.15, 0.2) is 18.3 Å². The van der Waals surface area contributed by atoms with Crippen LogP contribution in [0.3, 0.4) is 0 Å². The van der Waals surface area contributed by atoms with Crippen molar-refractivity contribution in [2.24, 2.45) is 5.92 Å². The minimum atomic E-state index is -4.44. The van der Waals surface area contributed by atoms with E-state index >= 15 is 0 Å². The van der Waals surface area contributed by atoms with Gasteiger partial charge in [0.15, 0.2) is 0 Å². The molecule has 2 saturated heterocycles. The Kier molecular flexibility index (Phi) is 5.19. The van der Waals surface area contributed by atoms with E-state index < -0.39 is 30.2 Å². The Labute approximate surface area is 143 Å². The molecule has 3 heterocycles. The highest BCUT2D eigenvalue weighted by molar-refractivity contribution is 5.45. The van der Waals surface area contributed by atoms with Crippen molar-refractivity contribution < 1.29 is 28.5 Å². The molecule has 1 aromatic heterocycles. The van der Waals surface area contributed by atoms with Crippen LogP contribution in [-0.2, 0) is 6.18 Å². The lowest BCUT2D eigenvalue weighted by Crippen LogP contribution is -2.56. The molecule has 3 N–H and O–H groups in total. The summed E-state index contributed by atoms with van der Waals surface area (Å²) in [5.74, 6) is 0.275. The molecule has 0 aliphatic carbocycles. The normalized spacial score (nSPS) is 31.5. The summed E-state index contributed by atoms with van der Waals surface area (Å²) in [6.45, 7) is 2.66. The fourth-order valence-corrected chi connectivity index (χ4v) is 3.55. The van der Waals surface area contributed by atoms with Gasteiger partial charge in [-0.15, -0.1) is 0 Å². The van der Waals surface area contributed by atoms with Crippen molar-refractivity contribution in [3.05, 3.63) is 24.0 Å². The smallest absolute Gasteiger partial charge is 0.389 e. The standard InChI is InChI=1S/C16H22F3N3O3/c17-16(18,19)14-2-1-11(5-20-14)22-4-3-10(7-22)6-21-8-12(23)15(25)13(24)9-21/h1-2,5,10,12-13,15,23-25H,3-4,6-9H2/t10-,12-,13+,15?/m1/s1. The van der Waals surface area contributed by atoms with Crippen LogP contribution in [-0.4, -0.2) is 76.2 Å². The molecule has 2 fully saturated rings. The van der Waals surface area contributed by atoms with Crippen molar-refractivity contribution in [3.8, 4) is 0 Å². The third-order valence-electron chi connectivity index (χ3n) is 4.88. The number of likely N-dealkylation sites (tertiary alicyclic amines) is 1. The Morgan fingerprint density at radius 1 is 1.08 bits per heavy atom. The molecule has 0 aromatic carbocycles. The Hall–Kier alpha value is -1.42. The molecule has 3 rings (SSSR count). The highest BCUT2D eigenvalue weighted by Gasteiger charge is 2.36. The highest BCUT2D eigenvalue weighted by Crippen LogP contribution is 2.30. The van der Waals surface area contributed by atoms with Gasteiger partial charge in [0.25, 0.3) is 0 Å². The number of β-amino-alcohol motifs (C(OH)–C–C–N with tert-alkyl or cyclic N) is 2. The minimum Gasteiger partial charge on any atom is -0.389 e. The first-order valence-corrected chi connectivity index (χ1v) is 8.29. The van der Waals surface area contributed by atoms with E-state index in [2.05, 4.69) is 4.98 Å². The summed E-state index contributed by atoms with van der Waals surface area (Å²) >= 11 is 0. The first-order valence-electron chi connectivity index (χ1n) is 8.29. The van der Waals surface area contributed by atoms with E-state index in [1.807, 2.05) is 9.80 Å². The van der Waals surface area contributed by atoms with Crippen molar-refractivity contribution in [2.75, 3.05) is 37.6 Å². The SMILES string of the molecule is OC1[C@H](O)CN(C[C@H]2CCN(c3ccc(C(F)(F)F)nc3)C2)C[C@@H]1O. The van der Waals surface area contributed by atoms with Crippen molar-refractivity contribution >= 4 is 5.69 Å². The summed E-state index contributed by atoms with van der Waals surface area (Å²) in [6.07, 6.45) is -5.38. The third-order valence-corrected chi connectivity index (χ3v) is 4.88. The summed E-state index contributed by atoms with van der Waals surface area (Å²) in [5, 5.41) is 29.1. The maximum atomic E-state index is 12.6. The molecular weight excluding hydrogens is 339 g/mol. The van der Waals surface area contributed by atoms with E-state index in [0.717, 1.165) is 19.0 Å². The van der Waals surface area contributed by atoms with E-state index in [0.29, 0.717) is 31.9 Å². The first-order chi connectivity index (χ1) is 11.7. The van der Waals surface area contributed by atoms with Crippen molar-refractivity contribution in [2.45, 2.75) is 30.9 Å². The van der Waals surface area contributed by atoms with E-state index in [9.17, 15) is 28.5 Å². The lowest BCUT2D eigenvalue weighted by molar-refractivity contribution is -0.141. The second-order valence-corrected chi connectivity index (χ2v) is 6.84. The third kappa shape index (κ3) is 4.22. The van der Waals surface area contributed by atoms with Gasteiger partial charge in [0.2, 0.25) is 0 Å². The Morgan fingerprint density at radius 2 is 1.76 bits per heavy atom. The number of rotatable bonds is 3. The molecular formula is C16H22F3N3O3. The molecule has 1 aromatic rings. The zero-order valence-corrected chi connectivity index (χ0v) is 13.6. The van der Waals surface area contributed by atoms with Gasteiger partial charge in [-0.2, -0.15) is 13.2 Å². The monoisotopic (exact) mass is 361 g/mol. The van der Waals surface area contributed by atoms with E-state index in [1.165, 1.54) is 12.3 Å². The molecule has 0 spiro atoms. The maximum Gasteiger partial charge on any atom is 0.433 e. The second kappa shape index (κ2) is 7.06. The first kappa shape index (κ1) is 18.4. The number of nitrogens with zero attached hydrogens (tertiary/aromatic N) is 3. The number of piperidine rings is 1. The van der Waals surface area contributed by atoms with Crippen LogP contribution < -0.4 is 4.90 Å². The van der Waals surface area contributed by atoms with Crippen molar-refractivity contribution in [1.82, 2.24) is 9.88 Å². The molecule has 0 radical (unpaired) electrons. The summed E-state index contributed by atoms with van der Waals surface area (Å²) in [7, 11) is 0. The number of aliphatic hydroxyl groups excluding tert-OH is 3. The molecule has 25 heavy (non-hydrogen) atoms. The van der Waals surface area contributed by atoms with Gasteiger partial charge in [0, 0.05) is 32.7 Å². The number of aliphatic hydroxyl groups is 3. The fourth-order valence-electron chi connectivity index (χ4n) is 3.55. The van der Waals surface area contributed by atoms with Crippen LogP contribution in [0.2, 0.25) is 0 Å². The van der Waals surface area contributed by atoms with Gasteiger partial charge in [-0.3, -0.25) is 4.90 Å². The van der Waals surface area contributed by atoms with Crippen molar-refractivity contribution in [3.63, 3.8) is 0 Å². The van der Waals surface area contributed by atoms with Gasteiger partial charge in [-0.25, -0.2) is 4.98 Å². The molecule has 6 nitrogen and oxygen atoms in total. The van der Waals surface area contributed by atoms with E-state index in [1.54, 1.807) is 0 Å². The minimum absolute atomic E-state index is 0.275. The topological polar surface area (TPSA) is 80.1 Å². The van der Waals surface area contributed by atoms with Crippen molar-refractivity contribution in [1.29, 1.82) is 0 Å². The van der Waals surface area contributed by atoms with Crippen LogP contribution in [0, 0.1) is 5.92 Å². The van der Waals surface area contributed by atoms with Crippen LogP contribution in [0.1, 0.15) is 12.1 Å². The zero-order chi connectivity index (χ0) is 18.2. The molecule has 0 saturated carbocycles. The number of halogens is 3. The quantitative estimate of drug-likeness (QED) is 0.720. The average molecular weight is 361 g/mol. The second-order valence-electron chi connectivity index (χ2n) is 6.84. The average Bonchev–Trinajstić information content (AvgIpc) is 3.00. The number of pyridine rings is 1. The Balaban J connectivity index is 1.55. The highest BCUT2D eigenvalue weighted by atomic mass is 19.4. The zero-order valence-electron chi connectivity index (χ0n) is 13.6. The number of anilines is 1. The molecule has 0 amide bonds. The Morgan fingerprint density at radius 3 is 2.32 bits per heavy atom. The molecule has 4 atom stereocenters. The molecule has 2 aliphatic heterocycles. The summed E-state index contributed by atoms with van der Waals surface area (Å²) in [5.41, 5.74) is -0.244. The fraction of sp³-hybridized carbons (Fsp3) is 0.688. The van der Waals surface area contributed by atoms with Gasteiger partial charge in [0.05, 0.1) is 24.1 Å². The predicted octanol–water partition coefficient (Wildman–Crippen LogP) is 0.325.